The maximum absolute atomic E-state index is 13.0. The van der Waals surface area contributed by atoms with Gasteiger partial charge >= 0.3 is 5.97 Å². The lowest BCUT2D eigenvalue weighted by Gasteiger charge is -2.36. The molecule has 0 saturated heterocycles. The van der Waals surface area contributed by atoms with Crippen LogP contribution in [0.4, 0.5) is 0 Å². The van der Waals surface area contributed by atoms with Crippen LogP contribution in [0.1, 0.15) is 31.2 Å². The highest BCUT2D eigenvalue weighted by Crippen LogP contribution is 2.42. The molecule has 1 aromatic rings. The van der Waals surface area contributed by atoms with E-state index in [9.17, 15) is 14.4 Å². The number of ether oxygens (including phenoxy) is 1. The SMILES string of the molecule is COC(=O)[C@H]1C(=O)C2=C(C[C@@H]1C)NC(=O)C[C@H]2c1cccc(Cl)c1. The molecule has 6 heteroatoms. The number of nitrogens with one attached hydrogen (secondary N) is 1. The molecule has 1 N–H and O–H groups in total. The first-order chi connectivity index (χ1) is 11.4. The van der Waals surface area contributed by atoms with E-state index in [0.29, 0.717) is 22.7 Å². The largest absolute Gasteiger partial charge is 0.468 e. The van der Waals surface area contributed by atoms with Gasteiger partial charge in [-0.15, -0.1) is 0 Å². The lowest BCUT2D eigenvalue weighted by molar-refractivity contribution is -0.151. The maximum atomic E-state index is 13.0. The Bertz CT molecular complexity index is 755. The molecule has 2 aliphatic rings. The summed E-state index contributed by atoms with van der Waals surface area (Å²) >= 11 is 6.06. The van der Waals surface area contributed by atoms with Crippen LogP contribution in [-0.4, -0.2) is 24.8 Å². The summed E-state index contributed by atoms with van der Waals surface area (Å²) in [5, 5.41) is 3.35. The van der Waals surface area contributed by atoms with Gasteiger partial charge in [0.2, 0.25) is 5.91 Å². The molecule has 1 aromatic carbocycles. The Labute approximate surface area is 145 Å². The van der Waals surface area contributed by atoms with E-state index in [1.807, 2.05) is 13.0 Å². The normalized spacial score (nSPS) is 26.7. The lowest BCUT2D eigenvalue weighted by atomic mass is 9.70. The van der Waals surface area contributed by atoms with Crippen molar-refractivity contribution in [2.24, 2.45) is 11.8 Å². The van der Waals surface area contributed by atoms with Gasteiger partial charge in [0.1, 0.15) is 5.92 Å². The third kappa shape index (κ3) is 2.84. The molecule has 0 bridgehead atoms. The third-order valence-corrected chi connectivity index (χ3v) is 4.94. The molecular formula is C18H18ClNO4. The van der Waals surface area contributed by atoms with Crippen LogP contribution in [0, 0.1) is 11.8 Å². The highest BCUT2D eigenvalue weighted by molar-refractivity contribution is 6.30. The van der Waals surface area contributed by atoms with Gasteiger partial charge in [-0.1, -0.05) is 30.7 Å². The standard InChI is InChI=1S/C18H18ClNO4/c1-9-6-13-16(17(22)15(9)18(23)24-2)12(8-14(21)20-13)10-4-3-5-11(19)7-10/h3-5,7,9,12,15H,6,8H2,1-2H3,(H,20,21)/t9-,12-,15+/m0/s1. The zero-order chi connectivity index (χ0) is 17.4. The minimum Gasteiger partial charge on any atom is -0.468 e. The van der Waals surface area contributed by atoms with Gasteiger partial charge in [-0.05, 0) is 30.0 Å². The molecule has 1 aliphatic carbocycles. The molecule has 0 radical (unpaired) electrons. The van der Waals surface area contributed by atoms with E-state index < -0.39 is 11.9 Å². The summed E-state index contributed by atoms with van der Waals surface area (Å²) in [7, 11) is 1.28. The zero-order valence-corrected chi connectivity index (χ0v) is 14.2. The van der Waals surface area contributed by atoms with Crippen LogP contribution in [0.5, 0.6) is 0 Å². The van der Waals surface area contributed by atoms with Crippen molar-refractivity contribution >= 4 is 29.3 Å². The average molecular weight is 348 g/mol. The summed E-state index contributed by atoms with van der Waals surface area (Å²) in [6.45, 7) is 1.82. The van der Waals surface area contributed by atoms with E-state index in [0.717, 1.165) is 5.56 Å². The van der Waals surface area contributed by atoms with Gasteiger partial charge in [0, 0.05) is 28.6 Å². The Balaban J connectivity index is 2.08. The lowest BCUT2D eigenvalue weighted by Crippen LogP contribution is -2.44. The molecule has 3 rings (SSSR count). The fourth-order valence-electron chi connectivity index (χ4n) is 3.61. The number of benzene rings is 1. The van der Waals surface area contributed by atoms with Crippen molar-refractivity contribution in [3.05, 3.63) is 46.1 Å². The number of amides is 1. The Kier molecular flexibility index (Phi) is 4.45. The molecule has 24 heavy (non-hydrogen) atoms. The minimum absolute atomic E-state index is 0.129. The summed E-state index contributed by atoms with van der Waals surface area (Å²) in [4.78, 5) is 37.1. The molecule has 0 spiro atoms. The van der Waals surface area contributed by atoms with Crippen molar-refractivity contribution in [1.29, 1.82) is 0 Å². The van der Waals surface area contributed by atoms with E-state index in [-0.39, 0.29) is 29.9 Å². The summed E-state index contributed by atoms with van der Waals surface area (Å²) in [5.41, 5.74) is 1.93. The van der Waals surface area contributed by atoms with Crippen molar-refractivity contribution in [3.63, 3.8) is 0 Å². The van der Waals surface area contributed by atoms with E-state index >= 15 is 0 Å². The van der Waals surface area contributed by atoms with Crippen LogP contribution in [-0.2, 0) is 19.1 Å². The van der Waals surface area contributed by atoms with Crippen LogP contribution in [0.25, 0.3) is 0 Å². The number of hydrogen-bond acceptors (Lipinski definition) is 4. The predicted molar refractivity (Wildman–Crippen MR) is 88.3 cm³/mol. The Morgan fingerprint density at radius 2 is 2.04 bits per heavy atom. The van der Waals surface area contributed by atoms with E-state index in [2.05, 4.69) is 5.32 Å². The second-order valence-electron chi connectivity index (χ2n) is 6.30. The van der Waals surface area contributed by atoms with Gasteiger partial charge in [0.15, 0.2) is 5.78 Å². The van der Waals surface area contributed by atoms with Crippen LogP contribution >= 0.6 is 11.6 Å². The monoisotopic (exact) mass is 347 g/mol. The van der Waals surface area contributed by atoms with E-state index in [1.165, 1.54) is 7.11 Å². The average Bonchev–Trinajstić information content (AvgIpc) is 2.53. The number of carbonyl (C=O) groups is 3. The summed E-state index contributed by atoms with van der Waals surface area (Å²) in [5.74, 6) is -2.36. The van der Waals surface area contributed by atoms with Gasteiger partial charge in [0.05, 0.1) is 7.11 Å². The van der Waals surface area contributed by atoms with Gasteiger partial charge in [-0.2, -0.15) is 0 Å². The Morgan fingerprint density at radius 1 is 1.29 bits per heavy atom. The zero-order valence-electron chi connectivity index (χ0n) is 13.5. The fourth-order valence-corrected chi connectivity index (χ4v) is 3.80. The van der Waals surface area contributed by atoms with Crippen molar-refractivity contribution in [1.82, 2.24) is 5.32 Å². The molecule has 0 unspecified atom stereocenters. The molecule has 1 amide bonds. The predicted octanol–water partition coefficient (Wildman–Crippen LogP) is 2.60. The van der Waals surface area contributed by atoms with Crippen LogP contribution in [0.15, 0.2) is 35.5 Å². The smallest absolute Gasteiger partial charge is 0.316 e. The minimum atomic E-state index is -0.828. The second kappa shape index (κ2) is 6.40. The number of allylic oxidation sites excluding steroid dienone is 2. The van der Waals surface area contributed by atoms with Crippen molar-refractivity contribution in [2.45, 2.75) is 25.7 Å². The van der Waals surface area contributed by atoms with E-state index in [1.54, 1.807) is 18.2 Å². The summed E-state index contributed by atoms with van der Waals surface area (Å²) in [6.07, 6.45) is 0.622. The topological polar surface area (TPSA) is 72.5 Å². The maximum Gasteiger partial charge on any atom is 0.316 e. The number of rotatable bonds is 2. The number of Topliss-reactive ketones (excluding diaryl/α,β-unsaturated/α-hetero) is 1. The van der Waals surface area contributed by atoms with Gasteiger partial charge < -0.3 is 10.1 Å². The molecule has 1 heterocycles. The number of carbonyl (C=O) groups excluding carboxylic acids is 3. The quantitative estimate of drug-likeness (QED) is 0.659. The van der Waals surface area contributed by atoms with Crippen LogP contribution in [0.3, 0.4) is 0 Å². The summed E-state index contributed by atoms with van der Waals surface area (Å²) < 4.78 is 4.80. The number of hydrogen-bond donors (Lipinski definition) is 1. The Morgan fingerprint density at radius 3 is 2.71 bits per heavy atom. The van der Waals surface area contributed by atoms with Gasteiger partial charge in [-0.3, -0.25) is 14.4 Å². The van der Waals surface area contributed by atoms with Crippen LogP contribution < -0.4 is 5.32 Å². The number of ketones is 1. The molecule has 126 valence electrons. The summed E-state index contributed by atoms with van der Waals surface area (Å²) in [6, 6.07) is 7.13. The van der Waals surface area contributed by atoms with Crippen molar-refractivity contribution in [3.8, 4) is 0 Å². The highest BCUT2D eigenvalue weighted by Gasteiger charge is 2.45. The van der Waals surface area contributed by atoms with Crippen molar-refractivity contribution < 1.29 is 19.1 Å². The van der Waals surface area contributed by atoms with Crippen LogP contribution in [0.2, 0.25) is 5.02 Å². The molecule has 0 saturated carbocycles. The van der Waals surface area contributed by atoms with Gasteiger partial charge in [-0.25, -0.2) is 0 Å². The molecular weight excluding hydrogens is 330 g/mol. The molecule has 0 fully saturated rings. The molecule has 1 aliphatic heterocycles. The highest BCUT2D eigenvalue weighted by atomic mass is 35.5. The first kappa shape index (κ1) is 16.7. The molecule has 0 aromatic heterocycles. The molecule has 3 atom stereocenters. The Hall–Kier alpha value is -2.14. The number of halogens is 1. The van der Waals surface area contributed by atoms with Crippen molar-refractivity contribution in [2.75, 3.05) is 7.11 Å². The van der Waals surface area contributed by atoms with Gasteiger partial charge in [0.25, 0.3) is 0 Å². The second-order valence-corrected chi connectivity index (χ2v) is 6.74. The number of methoxy groups -OCH3 is 1. The molecule has 5 nitrogen and oxygen atoms in total. The first-order valence-corrected chi connectivity index (χ1v) is 8.20. The third-order valence-electron chi connectivity index (χ3n) is 4.70. The fraction of sp³-hybridized carbons (Fsp3) is 0.389. The first-order valence-electron chi connectivity index (χ1n) is 7.82. The number of esters is 1. The van der Waals surface area contributed by atoms with E-state index in [4.69, 9.17) is 16.3 Å².